The molecule has 0 saturated carbocycles. The number of hydrogen-bond acceptors (Lipinski definition) is 3. The molecule has 0 fully saturated rings. The fourth-order valence-corrected chi connectivity index (χ4v) is 2.16. The van der Waals surface area contributed by atoms with Gasteiger partial charge in [-0.15, -0.1) is 0 Å². The monoisotopic (exact) mass is 291 g/mol. The van der Waals surface area contributed by atoms with E-state index in [9.17, 15) is 9.59 Å². The molecule has 1 rings (SSSR count). The summed E-state index contributed by atoms with van der Waals surface area (Å²) in [7, 11) is 3.98. The lowest BCUT2D eigenvalue weighted by Crippen LogP contribution is -2.45. The Morgan fingerprint density at radius 1 is 1.14 bits per heavy atom. The molecule has 2 N–H and O–H groups in total. The topological polar surface area (TPSA) is 61.4 Å². The van der Waals surface area contributed by atoms with Crippen LogP contribution in [0.1, 0.15) is 29.8 Å². The zero-order valence-corrected chi connectivity index (χ0v) is 13.5. The van der Waals surface area contributed by atoms with Gasteiger partial charge < -0.3 is 10.2 Å². The maximum absolute atomic E-state index is 11.9. The Bertz CT molecular complexity index is 493. The first-order valence-electron chi connectivity index (χ1n) is 7.00. The fraction of sp³-hybridized carbons (Fsp3) is 0.500. The summed E-state index contributed by atoms with van der Waals surface area (Å²) in [6, 6.07) is 6.62. The molecule has 1 aromatic rings. The molecule has 21 heavy (non-hydrogen) atoms. The molecule has 0 bridgehead atoms. The van der Waals surface area contributed by atoms with Crippen LogP contribution in [0.3, 0.4) is 0 Å². The Morgan fingerprint density at radius 2 is 1.71 bits per heavy atom. The minimum Gasteiger partial charge on any atom is -0.337 e. The Morgan fingerprint density at radius 3 is 2.24 bits per heavy atom. The first-order chi connectivity index (χ1) is 9.69. The zero-order valence-electron chi connectivity index (χ0n) is 13.5. The van der Waals surface area contributed by atoms with Crippen molar-refractivity contribution in [1.29, 1.82) is 0 Å². The van der Waals surface area contributed by atoms with Gasteiger partial charge in [0.2, 0.25) is 0 Å². The molecule has 0 unspecified atom stereocenters. The summed E-state index contributed by atoms with van der Waals surface area (Å²) >= 11 is 0. The smallest absolute Gasteiger partial charge is 0.321 e. The Hall–Kier alpha value is -1.88. The highest BCUT2D eigenvalue weighted by atomic mass is 16.2. The number of nitrogens with one attached hydrogen (secondary N) is 2. The number of carbonyl (C=O) groups is 2. The lowest BCUT2D eigenvalue weighted by atomic mass is 9.93. The molecule has 5 heteroatoms. The van der Waals surface area contributed by atoms with E-state index in [1.54, 1.807) is 12.1 Å². The quantitative estimate of drug-likeness (QED) is 0.872. The summed E-state index contributed by atoms with van der Waals surface area (Å²) in [6.45, 7) is 7.42. The number of benzene rings is 1. The molecular weight excluding hydrogens is 266 g/mol. The lowest BCUT2D eigenvalue weighted by molar-refractivity contribution is 0.0962. The van der Waals surface area contributed by atoms with Gasteiger partial charge >= 0.3 is 6.03 Å². The van der Waals surface area contributed by atoms with Crippen LogP contribution in [-0.2, 0) is 0 Å². The van der Waals surface area contributed by atoms with E-state index in [2.05, 4.69) is 29.4 Å². The lowest BCUT2D eigenvalue weighted by Gasteiger charge is -2.28. The Kier molecular flexibility index (Phi) is 5.90. The number of urea groups is 1. The molecule has 0 aliphatic heterocycles. The van der Waals surface area contributed by atoms with Gasteiger partial charge in [-0.1, -0.05) is 31.5 Å². The van der Waals surface area contributed by atoms with Crippen molar-refractivity contribution in [3.63, 3.8) is 0 Å². The van der Waals surface area contributed by atoms with Crippen molar-refractivity contribution >= 4 is 11.9 Å². The van der Waals surface area contributed by atoms with Crippen molar-refractivity contribution in [3.05, 3.63) is 35.4 Å². The van der Waals surface area contributed by atoms with Gasteiger partial charge in [0.15, 0.2) is 0 Å². The van der Waals surface area contributed by atoms with Gasteiger partial charge in [0.1, 0.15) is 0 Å². The number of aryl methyl sites for hydroxylation is 1. The second kappa shape index (κ2) is 7.22. The molecule has 1 aromatic carbocycles. The van der Waals surface area contributed by atoms with Gasteiger partial charge in [0.25, 0.3) is 5.91 Å². The van der Waals surface area contributed by atoms with Crippen molar-refractivity contribution in [1.82, 2.24) is 15.5 Å². The third-order valence-electron chi connectivity index (χ3n) is 3.01. The number of amides is 3. The molecule has 116 valence electrons. The molecule has 0 aromatic heterocycles. The second-order valence-electron chi connectivity index (χ2n) is 6.40. The van der Waals surface area contributed by atoms with Crippen molar-refractivity contribution < 1.29 is 9.59 Å². The van der Waals surface area contributed by atoms with Gasteiger partial charge in [-0.25, -0.2) is 4.79 Å². The van der Waals surface area contributed by atoms with Gasteiger partial charge in [0, 0.05) is 18.7 Å². The number of nitrogens with zero attached hydrogens (tertiary/aromatic N) is 1. The van der Waals surface area contributed by atoms with Crippen LogP contribution in [-0.4, -0.2) is 44.0 Å². The predicted molar refractivity (Wildman–Crippen MR) is 84.4 cm³/mol. The first-order valence-corrected chi connectivity index (χ1v) is 7.00. The molecule has 3 amide bonds. The SMILES string of the molecule is Cc1ccc(C(=O)NC(=O)NCC(C)(C)CN(C)C)cc1. The third-order valence-corrected chi connectivity index (χ3v) is 3.01. The molecule has 0 heterocycles. The maximum Gasteiger partial charge on any atom is 0.321 e. The summed E-state index contributed by atoms with van der Waals surface area (Å²) in [5.41, 5.74) is 1.48. The van der Waals surface area contributed by atoms with E-state index in [0.717, 1.165) is 12.1 Å². The molecule has 0 saturated heterocycles. The highest BCUT2D eigenvalue weighted by Gasteiger charge is 2.20. The van der Waals surface area contributed by atoms with Gasteiger partial charge in [-0.3, -0.25) is 10.1 Å². The predicted octanol–water partition coefficient (Wildman–Crippen LogP) is 2.02. The standard InChI is InChI=1S/C16H25N3O2/c1-12-6-8-13(9-7-12)14(20)18-15(21)17-10-16(2,3)11-19(4)5/h6-9H,10-11H2,1-5H3,(H2,17,18,20,21). The summed E-state index contributed by atoms with van der Waals surface area (Å²) in [5, 5.41) is 5.08. The molecule has 0 aliphatic carbocycles. The van der Waals surface area contributed by atoms with Crippen molar-refractivity contribution in [3.8, 4) is 0 Å². The Balaban J connectivity index is 2.47. The van der Waals surface area contributed by atoms with E-state index in [4.69, 9.17) is 0 Å². The van der Waals surface area contributed by atoms with E-state index in [0.29, 0.717) is 12.1 Å². The van der Waals surface area contributed by atoms with E-state index >= 15 is 0 Å². The summed E-state index contributed by atoms with van der Waals surface area (Å²) in [4.78, 5) is 25.7. The number of carbonyl (C=O) groups excluding carboxylic acids is 2. The van der Waals surface area contributed by atoms with Crippen LogP contribution in [0.25, 0.3) is 0 Å². The van der Waals surface area contributed by atoms with Crippen molar-refractivity contribution in [2.75, 3.05) is 27.2 Å². The molecule has 5 nitrogen and oxygen atoms in total. The van der Waals surface area contributed by atoms with E-state index in [1.165, 1.54) is 0 Å². The minimum atomic E-state index is -0.465. The number of imide groups is 1. The number of hydrogen-bond donors (Lipinski definition) is 2. The van der Waals surface area contributed by atoms with E-state index in [-0.39, 0.29) is 5.41 Å². The van der Waals surface area contributed by atoms with Crippen LogP contribution < -0.4 is 10.6 Å². The fourth-order valence-electron chi connectivity index (χ4n) is 2.16. The average molecular weight is 291 g/mol. The molecule has 0 spiro atoms. The first kappa shape index (κ1) is 17.2. The van der Waals surface area contributed by atoms with Crippen molar-refractivity contribution in [2.24, 2.45) is 5.41 Å². The van der Waals surface area contributed by atoms with Gasteiger partial charge in [0.05, 0.1) is 0 Å². The molecular formula is C16H25N3O2. The average Bonchev–Trinajstić information content (AvgIpc) is 2.36. The highest BCUT2D eigenvalue weighted by molar-refractivity contribution is 6.04. The summed E-state index contributed by atoms with van der Waals surface area (Å²) in [6.07, 6.45) is 0. The summed E-state index contributed by atoms with van der Waals surface area (Å²) in [5.74, 6) is -0.391. The minimum absolute atomic E-state index is 0.0618. The van der Waals surface area contributed by atoms with Crippen LogP contribution in [0.15, 0.2) is 24.3 Å². The van der Waals surface area contributed by atoms with E-state index in [1.807, 2.05) is 33.2 Å². The highest BCUT2D eigenvalue weighted by Crippen LogP contribution is 2.13. The maximum atomic E-state index is 11.9. The van der Waals surface area contributed by atoms with Crippen LogP contribution in [0.4, 0.5) is 4.79 Å². The molecule has 0 aliphatic rings. The van der Waals surface area contributed by atoms with Crippen LogP contribution in [0, 0.1) is 12.3 Å². The zero-order chi connectivity index (χ0) is 16.0. The largest absolute Gasteiger partial charge is 0.337 e. The second-order valence-corrected chi connectivity index (χ2v) is 6.40. The molecule has 0 atom stereocenters. The number of rotatable bonds is 5. The molecule has 0 radical (unpaired) electrons. The van der Waals surface area contributed by atoms with Gasteiger partial charge in [-0.2, -0.15) is 0 Å². The van der Waals surface area contributed by atoms with Crippen molar-refractivity contribution in [2.45, 2.75) is 20.8 Å². The van der Waals surface area contributed by atoms with E-state index < -0.39 is 11.9 Å². The third kappa shape index (κ3) is 6.40. The van der Waals surface area contributed by atoms with Crippen LogP contribution in [0.2, 0.25) is 0 Å². The normalized spacial score (nSPS) is 11.3. The van der Waals surface area contributed by atoms with Gasteiger partial charge in [-0.05, 0) is 38.6 Å². The summed E-state index contributed by atoms with van der Waals surface area (Å²) < 4.78 is 0. The Labute approximate surface area is 126 Å². The van der Waals surface area contributed by atoms with Crippen LogP contribution >= 0.6 is 0 Å². The van der Waals surface area contributed by atoms with Crippen LogP contribution in [0.5, 0.6) is 0 Å².